The Kier molecular flexibility index (Phi) is 4.26. The maximum atomic E-state index is 3.65. The molecule has 0 aromatic heterocycles. The summed E-state index contributed by atoms with van der Waals surface area (Å²) < 4.78 is 0. The molecule has 0 atom stereocenters. The third-order valence-corrected chi connectivity index (χ3v) is 4.54. The second-order valence-corrected chi connectivity index (χ2v) is 6.26. The highest BCUT2D eigenvalue weighted by molar-refractivity contribution is 4.87. The smallest absolute Gasteiger partial charge is 0.0154 e. The first kappa shape index (κ1) is 12.4. The van der Waals surface area contributed by atoms with Gasteiger partial charge >= 0.3 is 0 Å². The van der Waals surface area contributed by atoms with E-state index in [2.05, 4.69) is 24.1 Å². The number of nitrogens with zero attached hydrogens (tertiary/aromatic N) is 1. The van der Waals surface area contributed by atoms with Gasteiger partial charge in [0, 0.05) is 18.6 Å². The summed E-state index contributed by atoms with van der Waals surface area (Å²) in [7, 11) is 0. The summed E-state index contributed by atoms with van der Waals surface area (Å²) >= 11 is 0. The Morgan fingerprint density at radius 2 is 1.94 bits per heavy atom. The first-order chi connectivity index (χ1) is 7.68. The van der Waals surface area contributed by atoms with Crippen LogP contribution in [-0.2, 0) is 0 Å². The molecule has 0 unspecified atom stereocenters. The van der Waals surface area contributed by atoms with Gasteiger partial charge in [-0.1, -0.05) is 12.8 Å². The van der Waals surface area contributed by atoms with Gasteiger partial charge in [-0.3, -0.25) is 4.90 Å². The fourth-order valence-corrected chi connectivity index (χ4v) is 3.31. The number of hydrogen-bond acceptors (Lipinski definition) is 2. The van der Waals surface area contributed by atoms with E-state index in [9.17, 15) is 0 Å². The Balaban J connectivity index is 1.57. The molecule has 94 valence electrons. The van der Waals surface area contributed by atoms with Gasteiger partial charge in [0.15, 0.2) is 0 Å². The first-order valence-corrected chi connectivity index (χ1v) is 7.14. The van der Waals surface area contributed by atoms with Crippen LogP contribution >= 0.6 is 0 Å². The minimum absolute atomic E-state index is 0.453. The number of nitrogens with one attached hydrogen (secondary N) is 1. The highest BCUT2D eigenvalue weighted by atomic mass is 15.2. The van der Waals surface area contributed by atoms with Crippen molar-refractivity contribution in [1.29, 1.82) is 0 Å². The predicted octanol–water partition coefficient (Wildman–Crippen LogP) is 2.64. The average molecular weight is 224 g/mol. The summed E-state index contributed by atoms with van der Waals surface area (Å²) in [5.74, 6) is 0.978. The molecular weight excluding hydrogens is 196 g/mol. The van der Waals surface area contributed by atoms with Crippen LogP contribution in [0.15, 0.2) is 0 Å². The van der Waals surface area contributed by atoms with Gasteiger partial charge in [-0.15, -0.1) is 0 Å². The SMILES string of the molecule is CC1(C)CCCN1CCNCC1CCCC1. The molecule has 2 rings (SSSR count). The topological polar surface area (TPSA) is 15.3 Å². The highest BCUT2D eigenvalue weighted by Crippen LogP contribution is 2.27. The number of likely N-dealkylation sites (tertiary alicyclic amines) is 1. The van der Waals surface area contributed by atoms with Crippen LogP contribution in [0.3, 0.4) is 0 Å². The summed E-state index contributed by atoms with van der Waals surface area (Å²) in [4.78, 5) is 2.65. The Bertz CT molecular complexity index is 207. The summed E-state index contributed by atoms with van der Waals surface area (Å²) in [6, 6.07) is 0. The van der Waals surface area contributed by atoms with Crippen molar-refractivity contribution < 1.29 is 0 Å². The van der Waals surface area contributed by atoms with Crippen molar-refractivity contribution >= 4 is 0 Å². The Hall–Kier alpha value is -0.0800. The van der Waals surface area contributed by atoms with Crippen molar-refractivity contribution in [3.8, 4) is 0 Å². The lowest BCUT2D eigenvalue weighted by atomic mass is 10.0. The van der Waals surface area contributed by atoms with Crippen molar-refractivity contribution in [2.24, 2.45) is 5.92 Å². The molecule has 2 heteroatoms. The van der Waals surface area contributed by atoms with Gasteiger partial charge in [-0.2, -0.15) is 0 Å². The normalized spacial score (nSPS) is 26.6. The lowest BCUT2D eigenvalue weighted by Gasteiger charge is -2.31. The van der Waals surface area contributed by atoms with E-state index in [4.69, 9.17) is 0 Å². The zero-order valence-corrected chi connectivity index (χ0v) is 11.1. The molecule has 2 aliphatic rings. The van der Waals surface area contributed by atoms with Gasteiger partial charge in [0.25, 0.3) is 0 Å². The molecule has 1 N–H and O–H groups in total. The first-order valence-electron chi connectivity index (χ1n) is 7.14. The van der Waals surface area contributed by atoms with E-state index in [1.54, 1.807) is 0 Å². The van der Waals surface area contributed by atoms with Crippen LogP contribution in [0.1, 0.15) is 52.4 Å². The van der Waals surface area contributed by atoms with Gasteiger partial charge in [-0.05, 0) is 58.5 Å². The molecule has 1 saturated heterocycles. The van der Waals surface area contributed by atoms with Crippen LogP contribution in [0, 0.1) is 5.92 Å². The van der Waals surface area contributed by atoms with Crippen molar-refractivity contribution in [1.82, 2.24) is 10.2 Å². The van der Waals surface area contributed by atoms with Crippen molar-refractivity contribution in [2.75, 3.05) is 26.2 Å². The van der Waals surface area contributed by atoms with Gasteiger partial charge in [0.05, 0.1) is 0 Å². The molecule has 16 heavy (non-hydrogen) atoms. The van der Waals surface area contributed by atoms with E-state index in [-0.39, 0.29) is 0 Å². The summed E-state index contributed by atoms with van der Waals surface area (Å²) in [6.07, 6.45) is 8.60. The molecule has 0 aromatic carbocycles. The van der Waals surface area contributed by atoms with E-state index in [1.807, 2.05) is 0 Å². The molecule has 0 aromatic rings. The maximum Gasteiger partial charge on any atom is 0.0154 e. The zero-order valence-electron chi connectivity index (χ0n) is 11.1. The number of rotatable bonds is 5. The maximum absolute atomic E-state index is 3.65. The fourth-order valence-electron chi connectivity index (χ4n) is 3.31. The van der Waals surface area contributed by atoms with Crippen LogP contribution in [0.4, 0.5) is 0 Å². The third-order valence-electron chi connectivity index (χ3n) is 4.54. The minimum atomic E-state index is 0.453. The molecule has 2 nitrogen and oxygen atoms in total. The van der Waals surface area contributed by atoms with Crippen LogP contribution in [0.25, 0.3) is 0 Å². The van der Waals surface area contributed by atoms with Crippen LogP contribution < -0.4 is 5.32 Å². The lowest BCUT2D eigenvalue weighted by Crippen LogP contribution is -2.42. The monoisotopic (exact) mass is 224 g/mol. The van der Waals surface area contributed by atoms with E-state index in [0.717, 1.165) is 5.92 Å². The predicted molar refractivity (Wildman–Crippen MR) is 69.7 cm³/mol. The zero-order chi connectivity index (χ0) is 11.4. The molecule has 2 fully saturated rings. The van der Waals surface area contributed by atoms with Crippen molar-refractivity contribution in [3.63, 3.8) is 0 Å². The summed E-state index contributed by atoms with van der Waals surface area (Å²) in [5, 5.41) is 3.65. The molecule has 0 spiro atoms. The third kappa shape index (κ3) is 3.21. The molecule has 1 saturated carbocycles. The van der Waals surface area contributed by atoms with Crippen molar-refractivity contribution in [3.05, 3.63) is 0 Å². The summed E-state index contributed by atoms with van der Waals surface area (Å²) in [6.45, 7) is 9.75. The molecule has 0 radical (unpaired) electrons. The van der Waals surface area contributed by atoms with Gasteiger partial charge in [-0.25, -0.2) is 0 Å². The van der Waals surface area contributed by atoms with Crippen LogP contribution in [0.2, 0.25) is 0 Å². The largest absolute Gasteiger partial charge is 0.315 e. The fraction of sp³-hybridized carbons (Fsp3) is 1.00. The molecule has 0 bridgehead atoms. The quantitative estimate of drug-likeness (QED) is 0.722. The molecule has 0 amide bonds. The van der Waals surface area contributed by atoms with E-state index < -0.39 is 0 Å². The van der Waals surface area contributed by atoms with Crippen LogP contribution in [0.5, 0.6) is 0 Å². The summed E-state index contributed by atoms with van der Waals surface area (Å²) in [5.41, 5.74) is 0.453. The standard InChI is InChI=1S/C14H28N2/c1-14(2)8-5-10-16(14)11-9-15-12-13-6-3-4-7-13/h13,15H,3-12H2,1-2H3. The Morgan fingerprint density at radius 1 is 1.19 bits per heavy atom. The van der Waals surface area contributed by atoms with Gasteiger partial charge in [0.1, 0.15) is 0 Å². The van der Waals surface area contributed by atoms with E-state index >= 15 is 0 Å². The second-order valence-electron chi connectivity index (χ2n) is 6.26. The second kappa shape index (κ2) is 5.50. The number of hydrogen-bond donors (Lipinski definition) is 1. The molecule has 1 aliphatic heterocycles. The lowest BCUT2D eigenvalue weighted by molar-refractivity contribution is 0.175. The van der Waals surface area contributed by atoms with Gasteiger partial charge in [0.2, 0.25) is 0 Å². The van der Waals surface area contributed by atoms with E-state index in [0.29, 0.717) is 5.54 Å². The molecule has 1 aliphatic carbocycles. The minimum Gasteiger partial charge on any atom is -0.315 e. The molecule has 1 heterocycles. The van der Waals surface area contributed by atoms with Crippen molar-refractivity contribution in [2.45, 2.75) is 57.9 Å². The van der Waals surface area contributed by atoms with Gasteiger partial charge < -0.3 is 5.32 Å². The average Bonchev–Trinajstić information content (AvgIpc) is 2.83. The highest BCUT2D eigenvalue weighted by Gasteiger charge is 2.30. The Labute approximate surface area is 101 Å². The molecular formula is C14H28N2. The van der Waals surface area contributed by atoms with Crippen LogP contribution in [-0.4, -0.2) is 36.6 Å². The van der Waals surface area contributed by atoms with E-state index in [1.165, 1.54) is 64.7 Å². The Morgan fingerprint density at radius 3 is 2.56 bits per heavy atom.